The van der Waals surface area contributed by atoms with Crippen LogP contribution in [0.15, 0.2) is 47.4 Å². The molecular weight excluding hydrogens is 296 g/mol. The fourth-order valence-electron chi connectivity index (χ4n) is 3.05. The average molecular weight is 318 g/mol. The van der Waals surface area contributed by atoms with Crippen molar-refractivity contribution >= 4 is 20.8 Å². The molecule has 3 rings (SSSR count). The SMILES string of the molecule is CC1(CNS(=O)(=O)c2cccc3ccccc23)CCCNC1. The van der Waals surface area contributed by atoms with E-state index in [2.05, 4.69) is 17.0 Å². The van der Waals surface area contributed by atoms with Crippen LogP contribution in [0.3, 0.4) is 0 Å². The Morgan fingerprint density at radius 2 is 1.95 bits per heavy atom. The molecule has 2 aromatic carbocycles. The van der Waals surface area contributed by atoms with Gasteiger partial charge in [-0.1, -0.05) is 43.3 Å². The van der Waals surface area contributed by atoms with Crippen LogP contribution in [-0.4, -0.2) is 28.1 Å². The fraction of sp³-hybridized carbons (Fsp3) is 0.412. The molecule has 1 unspecified atom stereocenters. The second-order valence-corrected chi connectivity index (χ2v) is 8.13. The normalized spacial score (nSPS) is 22.8. The third-order valence-corrected chi connectivity index (χ3v) is 5.87. The Bertz CT molecular complexity index is 760. The molecule has 2 N–H and O–H groups in total. The zero-order chi connectivity index (χ0) is 15.6. The summed E-state index contributed by atoms with van der Waals surface area (Å²) in [5.74, 6) is 0. The molecule has 0 aromatic heterocycles. The summed E-state index contributed by atoms with van der Waals surface area (Å²) in [6.07, 6.45) is 2.13. The van der Waals surface area contributed by atoms with Crippen molar-refractivity contribution in [2.45, 2.75) is 24.7 Å². The quantitative estimate of drug-likeness (QED) is 0.910. The van der Waals surface area contributed by atoms with Gasteiger partial charge < -0.3 is 5.32 Å². The molecule has 0 aliphatic carbocycles. The predicted octanol–water partition coefficient (Wildman–Crippen LogP) is 2.51. The van der Waals surface area contributed by atoms with Gasteiger partial charge in [0.1, 0.15) is 0 Å². The van der Waals surface area contributed by atoms with Gasteiger partial charge in [0.25, 0.3) is 0 Å². The van der Waals surface area contributed by atoms with Gasteiger partial charge in [-0.2, -0.15) is 0 Å². The molecule has 0 saturated carbocycles. The highest BCUT2D eigenvalue weighted by Gasteiger charge is 2.29. The first-order valence-corrected chi connectivity index (χ1v) is 9.17. The van der Waals surface area contributed by atoms with Crippen molar-refractivity contribution in [2.75, 3.05) is 19.6 Å². The molecule has 4 nitrogen and oxygen atoms in total. The number of hydrogen-bond acceptors (Lipinski definition) is 3. The monoisotopic (exact) mass is 318 g/mol. The smallest absolute Gasteiger partial charge is 0.241 e. The van der Waals surface area contributed by atoms with Gasteiger partial charge in [-0.05, 0) is 36.3 Å². The first-order valence-electron chi connectivity index (χ1n) is 7.68. The van der Waals surface area contributed by atoms with Gasteiger partial charge >= 0.3 is 0 Å². The van der Waals surface area contributed by atoms with Crippen molar-refractivity contribution in [1.82, 2.24) is 10.0 Å². The third kappa shape index (κ3) is 3.16. The summed E-state index contributed by atoms with van der Waals surface area (Å²) in [4.78, 5) is 0.359. The highest BCUT2D eigenvalue weighted by Crippen LogP contribution is 2.26. The molecular formula is C17H22N2O2S. The molecule has 0 bridgehead atoms. The molecule has 1 heterocycles. The van der Waals surface area contributed by atoms with Crippen LogP contribution < -0.4 is 10.0 Å². The Balaban J connectivity index is 1.86. The van der Waals surface area contributed by atoms with E-state index in [4.69, 9.17) is 0 Å². The maximum Gasteiger partial charge on any atom is 0.241 e. The van der Waals surface area contributed by atoms with E-state index in [1.807, 2.05) is 30.3 Å². The second kappa shape index (κ2) is 5.99. The number of hydrogen-bond donors (Lipinski definition) is 2. The highest BCUT2D eigenvalue weighted by atomic mass is 32.2. The van der Waals surface area contributed by atoms with E-state index < -0.39 is 10.0 Å². The molecule has 2 aromatic rings. The molecule has 0 amide bonds. The summed E-state index contributed by atoms with van der Waals surface area (Å²) >= 11 is 0. The lowest BCUT2D eigenvalue weighted by atomic mass is 9.83. The van der Waals surface area contributed by atoms with Crippen LogP contribution in [0, 0.1) is 5.41 Å². The van der Waals surface area contributed by atoms with Crippen LogP contribution in [0.4, 0.5) is 0 Å². The highest BCUT2D eigenvalue weighted by molar-refractivity contribution is 7.89. The topological polar surface area (TPSA) is 58.2 Å². The first-order chi connectivity index (χ1) is 10.5. The Morgan fingerprint density at radius 1 is 1.18 bits per heavy atom. The van der Waals surface area contributed by atoms with Crippen LogP contribution in [0.1, 0.15) is 19.8 Å². The van der Waals surface area contributed by atoms with Gasteiger partial charge in [0.2, 0.25) is 10.0 Å². The van der Waals surface area contributed by atoms with E-state index >= 15 is 0 Å². The van der Waals surface area contributed by atoms with Crippen LogP contribution in [-0.2, 0) is 10.0 Å². The molecule has 22 heavy (non-hydrogen) atoms. The lowest BCUT2D eigenvalue weighted by molar-refractivity contribution is 0.238. The van der Waals surface area contributed by atoms with Gasteiger partial charge in [-0.25, -0.2) is 13.1 Å². The van der Waals surface area contributed by atoms with Gasteiger partial charge in [0.15, 0.2) is 0 Å². The summed E-state index contributed by atoms with van der Waals surface area (Å²) in [6, 6.07) is 13.0. The lowest BCUT2D eigenvalue weighted by Crippen LogP contribution is -2.45. The minimum absolute atomic E-state index is 0.0180. The van der Waals surface area contributed by atoms with Gasteiger partial charge in [0, 0.05) is 18.5 Å². The maximum absolute atomic E-state index is 12.7. The fourth-order valence-corrected chi connectivity index (χ4v) is 4.47. The summed E-state index contributed by atoms with van der Waals surface area (Å²) < 4.78 is 28.2. The van der Waals surface area contributed by atoms with Crippen molar-refractivity contribution in [3.63, 3.8) is 0 Å². The van der Waals surface area contributed by atoms with Crippen molar-refractivity contribution in [1.29, 1.82) is 0 Å². The van der Waals surface area contributed by atoms with Gasteiger partial charge in [-0.3, -0.25) is 0 Å². The largest absolute Gasteiger partial charge is 0.316 e. The Kier molecular flexibility index (Phi) is 4.21. The number of piperidine rings is 1. The summed E-state index contributed by atoms with van der Waals surface area (Å²) in [7, 11) is -3.50. The standard InChI is InChI=1S/C17H22N2O2S/c1-17(10-5-11-18-12-17)13-19-22(20,21)16-9-4-7-14-6-2-3-8-15(14)16/h2-4,6-9,18-19H,5,10-13H2,1H3. The number of nitrogens with one attached hydrogen (secondary N) is 2. The summed E-state index contributed by atoms with van der Waals surface area (Å²) in [5.41, 5.74) is -0.0180. The molecule has 1 fully saturated rings. The number of rotatable bonds is 4. The van der Waals surface area contributed by atoms with E-state index in [0.29, 0.717) is 11.4 Å². The van der Waals surface area contributed by atoms with Crippen molar-refractivity contribution in [2.24, 2.45) is 5.41 Å². The number of sulfonamides is 1. The minimum Gasteiger partial charge on any atom is -0.316 e. The molecule has 0 spiro atoms. The van der Waals surface area contributed by atoms with E-state index in [1.54, 1.807) is 12.1 Å². The zero-order valence-electron chi connectivity index (χ0n) is 12.8. The lowest BCUT2D eigenvalue weighted by Gasteiger charge is -2.34. The van der Waals surface area contributed by atoms with Crippen molar-refractivity contribution in [3.05, 3.63) is 42.5 Å². The molecule has 1 aliphatic rings. The number of fused-ring (bicyclic) bond motifs is 1. The van der Waals surface area contributed by atoms with Crippen LogP contribution >= 0.6 is 0 Å². The minimum atomic E-state index is -3.50. The molecule has 118 valence electrons. The maximum atomic E-state index is 12.7. The van der Waals surface area contributed by atoms with Crippen LogP contribution in [0.25, 0.3) is 10.8 Å². The average Bonchev–Trinajstić information content (AvgIpc) is 2.53. The molecule has 1 saturated heterocycles. The zero-order valence-corrected chi connectivity index (χ0v) is 13.6. The van der Waals surface area contributed by atoms with Crippen LogP contribution in [0.2, 0.25) is 0 Å². The molecule has 1 aliphatic heterocycles. The van der Waals surface area contributed by atoms with E-state index in [-0.39, 0.29) is 5.41 Å². The van der Waals surface area contributed by atoms with Crippen molar-refractivity contribution in [3.8, 4) is 0 Å². The van der Waals surface area contributed by atoms with Gasteiger partial charge in [-0.15, -0.1) is 0 Å². The Hall–Kier alpha value is -1.43. The summed E-state index contributed by atoms with van der Waals surface area (Å²) in [6.45, 7) is 4.47. The van der Waals surface area contributed by atoms with E-state index in [0.717, 1.165) is 36.7 Å². The van der Waals surface area contributed by atoms with Crippen molar-refractivity contribution < 1.29 is 8.42 Å². The van der Waals surface area contributed by atoms with E-state index in [1.165, 1.54) is 0 Å². The second-order valence-electron chi connectivity index (χ2n) is 6.39. The Labute approximate surface area is 132 Å². The predicted molar refractivity (Wildman–Crippen MR) is 89.3 cm³/mol. The number of benzene rings is 2. The molecule has 0 radical (unpaired) electrons. The summed E-state index contributed by atoms with van der Waals surface area (Å²) in [5, 5.41) is 5.05. The van der Waals surface area contributed by atoms with Gasteiger partial charge in [0.05, 0.1) is 4.90 Å². The first kappa shape index (κ1) is 15.5. The molecule has 1 atom stereocenters. The molecule has 5 heteroatoms. The third-order valence-electron chi connectivity index (χ3n) is 4.41. The van der Waals surface area contributed by atoms with E-state index in [9.17, 15) is 8.42 Å². The van der Waals surface area contributed by atoms with Crippen LogP contribution in [0.5, 0.6) is 0 Å². The Morgan fingerprint density at radius 3 is 2.73 bits per heavy atom.